The van der Waals surface area contributed by atoms with Crippen molar-refractivity contribution in [2.45, 2.75) is 13.0 Å². The van der Waals surface area contributed by atoms with Gasteiger partial charge in [0, 0.05) is 19.4 Å². The minimum absolute atomic E-state index is 0.126. The quantitative estimate of drug-likeness (QED) is 0.781. The minimum atomic E-state index is -0.126. The van der Waals surface area contributed by atoms with E-state index in [-0.39, 0.29) is 6.04 Å². The molecule has 0 spiro atoms. The Bertz CT molecular complexity index is 302. The van der Waals surface area contributed by atoms with Gasteiger partial charge in [-0.25, -0.2) is 4.98 Å². The van der Waals surface area contributed by atoms with Crippen LogP contribution in [0.5, 0.6) is 5.88 Å². The molecule has 78 valence electrons. The molecule has 1 rings (SSSR count). The van der Waals surface area contributed by atoms with Gasteiger partial charge in [0.2, 0.25) is 5.88 Å². The molecule has 1 aromatic rings. The van der Waals surface area contributed by atoms with Crippen LogP contribution in [0.15, 0.2) is 12.3 Å². The van der Waals surface area contributed by atoms with Crippen LogP contribution in [0, 0.1) is 6.92 Å². The average Bonchev–Trinajstić information content (AvgIpc) is 2.17. The van der Waals surface area contributed by atoms with Gasteiger partial charge in [0.15, 0.2) is 0 Å². The molecule has 1 unspecified atom stereocenters. The van der Waals surface area contributed by atoms with Gasteiger partial charge >= 0.3 is 0 Å². The highest BCUT2D eigenvalue weighted by Crippen LogP contribution is 2.18. The summed E-state index contributed by atoms with van der Waals surface area (Å²) in [7, 11) is 3.22. The fourth-order valence-electron chi connectivity index (χ4n) is 1.31. The van der Waals surface area contributed by atoms with E-state index in [1.54, 1.807) is 20.4 Å². The van der Waals surface area contributed by atoms with Crippen LogP contribution in [-0.4, -0.2) is 25.8 Å². The van der Waals surface area contributed by atoms with E-state index >= 15 is 0 Å². The van der Waals surface area contributed by atoms with Gasteiger partial charge in [0.1, 0.15) is 0 Å². The van der Waals surface area contributed by atoms with E-state index < -0.39 is 0 Å². The number of nitrogens with zero attached hydrogens (tertiary/aromatic N) is 1. The first-order valence-corrected chi connectivity index (χ1v) is 4.44. The molecule has 1 atom stereocenters. The zero-order chi connectivity index (χ0) is 10.6. The van der Waals surface area contributed by atoms with Crippen molar-refractivity contribution in [2.75, 3.05) is 20.8 Å². The summed E-state index contributed by atoms with van der Waals surface area (Å²) < 4.78 is 9.99. The maximum atomic E-state index is 5.89. The molecule has 1 heterocycles. The smallest absolute Gasteiger partial charge is 0.213 e. The Kier molecular flexibility index (Phi) is 3.85. The second-order valence-corrected chi connectivity index (χ2v) is 3.15. The number of rotatable bonds is 4. The van der Waals surface area contributed by atoms with E-state index in [1.165, 1.54) is 0 Å². The summed E-state index contributed by atoms with van der Waals surface area (Å²) in [4.78, 5) is 4.10. The van der Waals surface area contributed by atoms with Gasteiger partial charge in [-0.2, -0.15) is 0 Å². The van der Waals surface area contributed by atoms with Gasteiger partial charge in [0.05, 0.1) is 19.8 Å². The largest absolute Gasteiger partial charge is 0.481 e. The molecular weight excluding hydrogens is 180 g/mol. The summed E-state index contributed by atoms with van der Waals surface area (Å²) in [5.41, 5.74) is 7.96. The highest BCUT2D eigenvalue weighted by Gasteiger charge is 2.09. The lowest BCUT2D eigenvalue weighted by atomic mass is 10.1. The van der Waals surface area contributed by atoms with Crippen LogP contribution >= 0.6 is 0 Å². The number of pyridine rings is 1. The number of aryl methyl sites for hydroxylation is 1. The molecule has 4 nitrogen and oxygen atoms in total. The molecule has 0 aliphatic heterocycles. The van der Waals surface area contributed by atoms with Crippen molar-refractivity contribution in [3.63, 3.8) is 0 Å². The number of hydrogen-bond acceptors (Lipinski definition) is 4. The van der Waals surface area contributed by atoms with Crippen LogP contribution in [0.3, 0.4) is 0 Å². The fraction of sp³-hybridized carbons (Fsp3) is 0.500. The Balaban J connectivity index is 2.88. The third kappa shape index (κ3) is 2.43. The van der Waals surface area contributed by atoms with Crippen LogP contribution in [0.1, 0.15) is 17.2 Å². The van der Waals surface area contributed by atoms with Crippen molar-refractivity contribution in [2.24, 2.45) is 5.73 Å². The molecule has 14 heavy (non-hydrogen) atoms. The maximum Gasteiger partial charge on any atom is 0.213 e. The van der Waals surface area contributed by atoms with Crippen LogP contribution in [-0.2, 0) is 4.74 Å². The monoisotopic (exact) mass is 196 g/mol. The first-order chi connectivity index (χ1) is 6.69. The van der Waals surface area contributed by atoms with Crippen LogP contribution in [0.25, 0.3) is 0 Å². The van der Waals surface area contributed by atoms with E-state index in [0.29, 0.717) is 12.5 Å². The van der Waals surface area contributed by atoms with Gasteiger partial charge in [-0.15, -0.1) is 0 Å². The number of hydrogen-bond donors (Lipinski definition) is 1. The summed E-state index contributed by atoms with van der Waals surface area (Å²) in [5.74, 6) is 0.607. The Hall–Kier alpha value is -1.13. The zero-order valence-corrected chi connectivity index (χ0v) is 8.78. The summed E-state index contributed by atoms with van der Waals surface area (Å²) in [6.07, 6.45) is 1.73. The van der Waals surface area contributed by atoms with Crippen molar-refractivity contribution in [1.29, 1.82) is 0 Å². The van der Waals surface area contributed by atoms with Gasteiger partial charge in [0.25, 0.3) is 0 Å². The third-order valence-electron chi connectivity index (χ3n) is 2.08. The minimum Gasteiger partial charge on any atom is -0.481 e. The van der Waals surface area contributed by atoms with E-state index in [4.69, 9.17) is 15.2 Å². The van der Waals surface area contributed by atoms with E-state index in [2.05, 4.69) is 4.98 Å². The van der Waals surface area contributed by atoms with E-state index in [0.717, 1.165) is 11.1 Å². The van der Waals surface area contributed by atoms with Crippen LogP contribution in [0.2, 0.25) is 0 Å². The molecule has 0 aliphatic carbocycles. The second-order valence-electron chi connectivity index (χ2n) is 3.15. The molecule has 0 amide bonds. The normalized spacial score (nSPS) is 12.6. The molecule has 0 saturated carbocycles. The first-order valence-electron chi connectivity index (χ1n) is 4.44. The number of ether oxygens (including phenoxy) is 2. The van der Waals surface area contributed by atoms with Crippen molar-refractivity contribution >= 4 is 0 Å². The lowest BCUT2D eigenvalue weighted by Crippen LogP contribution is -2.17. The molecule has 0 saturated heterocycles. The molecular formula is C10H16N2O2. The summed E-state index contributed by atoms with van der Waals surface area (Å²) in [6, 6.07) is 1.74. The molecule has 0 radical (unpaired) electrons. The van der Waals surface area contributed by atoms with Crippen molar-refractivity contribution in [3.8, 4) is 5.88 Å². The summed E-state index contributed by atoms with van der Waals surface area (Å²) >= 11 is 0. The van der Waals surface area contributed by atoms with Crippen LogP contribution in [0.4, 0.5) is 0 Å². The number of nitrogens with two attached hydrogens (primary N) is 1. The van der Waals surface area contributed by atoms with Crippen molar-refractivity contribution in [1.82, 2.24) is 4.98 Å². The molecule has 2 N–H and O–H groups in total. The molecule has 0 bridgehead atoms. The fourth-order valence-corrected chi connectivity index (χ4v) is 1.31. The average molecular weight is 196 g/mol. The van der Waals surface area contributed by atoms with Gasteiger partial charge in [-0.3, -0.25) is 0 Å². The summed E-state index contributed by atoms with van der Waals surface area (Å²) in [5, 5.41) is 0. The molecule has 0 aromatic carbocycles. The molecule has 0 fully saturated rings. The third-order valence-corrected chi connectivity index (χ3v) is 2.08. The Morgan fingerprint density at radius 1 is 1.50 bits per heavy atom. The Labute approximate surface area is 84.0 Å². The summed E-state index contributed by atoms with van der Waals surface area (Å²) in [6.45, 7) is 2.48. The lowest BCUT2D eigenvalue weighted by Gasteiger charge is -2.13. The molecule has 0 aliphatic rings. The predicted molar refractivity (Wildman–Crippen MR) is 54.3 cm³/mol. The second kappa shape index (κ2) is 4.93. The van der Waals surface area contributed by atoms with E-state index in [1.807, 2.05) is 13.0 Å². The maximum absolute atomic E-state index is 5.89. The number of aromatic nitrogens is 1. The van der Waals surface area contributed by atoms with Gasteiger partial charge in [-0.1, -0.05) is 0 Å². The van der Waals surface area contributed by atoms with Crippen molar-refractivity contribution < 1.29 is 9.47 Å². The molecule has 1 aromatic heterocycles. The highest BCUT2D eigenvalue weighted by atomic mass is 16.5. The van der Waals surface area contributed by atoms with Crippen molar-refractivity contribution in [3.05, 3.63) is 23.4 Å². The Morgan fingerprint density at radius 2 is 2.21 bits per heavy atom. The van der Waals surface area contributed by atoms with E-state index in [9.17, 15) is 0 Å². The predicted octanol–water partition coefficient (Wildman–Crippen LogP) is 1.04. The SMILES string of the molecule is COCC(N)c1cnc(OC)cc1C. The van der Waals surface area contributed by atoms with Gasteiger partial charge < -0.3 is 15.2 Å². The highest BCUT2D eigenvalue weighted by molar-refractivity contribution is 5.30. The first kappa shape index (κ1) is 10.9. The standard InChI is InChI=1S/C10H16N2O2/c1-7-4-10(14-3)12-5-8(7)9(11)6-13-2/h4-5,9H,6,11H2,1-3H3. The molecule has 4 heteroatoms. The topological polar surface area (TPSA) is 57.4 Å². The lowest BCUT2D eigenvalue weighted by molar-refractivity contribution is 0.180. The zero-order valence-electron chi connectivity index (χ0n) is 8.78. The Morgan fingerprint density at radius 3 is 2.71 bits per heavy atom. The van der Waals surface area contributed by atoms with Crippen LogP contribution < -0.4 is 10.5 Å². The number of methoxy groups -OCH3 is 2. The van der Waals surface area contributed by atoms with Gasteiger partial charge in [-0.05, 0) is 18.1 Å².